The summed E-state index contributed by atoms with van der Waals surface area (Å²) in [5.74, 6) is 2.61. The van der Waals surface area contributed by atoms with Crippen molar-refractivity contribution < 1.29 is 4.74 Å². The third-order valence-corrected chi connectivity index (χ3v) is 5.45. The zero-order valence-electron chi connectivity index (χ0n) is 16.0. The molecular formula is C19H23N7OS. The summed E-state index contributed by atoms with van der Waals surface area (Å²) in [7, 11) is 3.62. The van der Waals surface area contributed by atoms with Crippen LogP contribution in [0.5, 0.6) is 5.75 Å². The highest BCUT2D eigenvalue weighted by atomic mass is 32.1. The van der Waals surface area contributed by atoms with Gasteiger partial charge in [0.25, 0.3) is 0 Å². The first-order valence-electron chi connectivity index (χ1n) is 9.17. The summed E-state index contributed by atoms with van der Waals surface area (Å²) < 4.78 is 9.79. The minimum absolute atomic E-state index is 0.678. The second-order valence-corrected chi connectivity index (χ2v) is 7.07. The molecule has 0 amide bonds. The van der Waals surface area contributed by atoms with Gasteiger partial charge in [-0.15, -0.1) is 0 Å². The number of anilines is 1. The van der Waals surface area contributed by atoms with Gasteiger partial charge in [0, 0.05) is 51.2 Å². The van der Waals surface area contributed by atoms with Crippen LogP contribution in [-0.4, -0.2) is 62.5 Å². The van der Waals surface area contributed by atoms with Crippen molar-refractivity contribution in [2.75, 3.05) is 38.2 Å². The number of benzene rings is 1. The molecule has 1 aliphatic rings. The van der Waals surface area contributed by atoms with E-state index in [1.54, 1.807) is 19.5 Å². The number of aromatic nitrogens is 5. The van der Waals surface area contributed by atoms with Crippen molar-refractivity contribution >= 4 is 18.0 Å². The van der Waals surface area contributed by atoms with E-state index in [1.165, 1.54) is 0 Å². The van der Waals surface area contributed by atoms with Gasteiger partial charge in [-0.05, 0) is 36.5 Å². The Labute approximate surface area is 169 Å². The van der Waals surface area contributed by atoms with Crippen LogP contribution in [0, 0.1) is 4.77 Å². The van der Waals surface area contributed by atoms with Gasteiger partial charge in [-0.25, -0.2) is 9.67 Å². The van der Waals surface area contributed by atoms with Crippen molar-refractivity contribution in [3.05, 3.63) is 47.6 Å². The fourth-order valence-corrected chi connectivity index (χ4v) is 3.52. The summed E-state index contributed by atoms with van der Waals surface area (Å²) in [6.45, 7) is 4.34. The molecule has 3 aromatic rings. The Balaban J connectivity index is 1.45. The summed E-state index contributed by atoms with van der Waals surface area (Å²) in [6, 6.07) is 7.87. The Bertz CT molecular complexity index is 976. The maximum atomic E-state index is 5.61. The molecule has 0 radical (unpaired) electrons. The lowest BCUT2D eigenvalue weighted by Crippen LogP contribution is -2.47. The van der Waals surface area contributed by atoms with Crippen molar-refractivity contribution in [3.63, 3.8) is 0 Å². The second kappa shape index (κ2) is 8.07. The molecule has 28 heavy (non-hydrogen) atoms. The van der Waals surface area contributed by atoms with Crippen LogP contribution in [0.1, 0.15) is 0 Å². The molecule has 1 aliphatic heterocycles. The predicted octanol–water partition coefficient (Wildman–Crippen LogP) is 2.20. The first-order valence-corrected chi connectivity index (χ1v) is 9.58. The van der Waals surface area contributed by atoms with Crippen molar-refractivity contribution in [3.8, 4) is 17.1 Å². The lowest BCUT2D eigenvalue weighted by molar-refractivity contribution is 0.194. The van der Waals surface area contributed by atoms with Gasteiger partial charge in [0.2, 0.25) is 0 Å². The Kier molecular flexibility index (Phi) is 5.36. The molecule has 0 N–H and O–H groups in total. The molecule has 146 valence electrons. The molecule has 2 aromatic heterocycles. The van der Waals surface area contributed by atoms with Crippen molar-refractivity contribution in [1.29, 1.82) is 0 Å². The van der Waals surface area contributed by atoms with E-state index in [9.17, 15) is 0 Å². The van der Waals surface area contributed by atoms with Gasteiger partial charge >= 0.3 is 0 Å². The van der Waals surface area contributed by atoms with E-state index in [-0.39, 0.29) is 0 Å². The molecule has 4 rings (SSSR count). The fraction of sp³-hybridized carbons (Fsp3) is 0.368. The fourth-order valence-electron chi connectivity index (χ4n) is 3.33. The van der Waals surface area contributed by atoms with E-state index in [2.05, 4.69) is 19.8 Å². The summed E-state index contributed by atoms with van der Waals surface area (Å²) in [5, 5.41) is 4.76. The van der Waals surface area contributed by atoms with Crippen molar-refractivity contribution in [1.82, 2.24) is 29.2 Å². The van der Waals surface area contributed by atoms with E-state index in [4.69, 9.17) is 22.1 Å². The highest BCUT2D eigenvalue weighted by Crippen LogP contribution is 2.21. The van der Waals surface area contributed by atoms with Gasteiger partial charge in [-0.1, -0.05) is 0 Å². The van der Waals surface area contributed by atoms with Gasteiger partial charge in [-0.3, -0.25) is 9.88 Å². The van der Waals surface area contributed by atoms with Gasteiger partial charge in [0.05, 0.1) is 20.0 Å². The van der Waals surface area contributed by atoms with Crippen LogP contribution in [0.15, 0.2) is 42.9 Å². The maximum absolute atomic E-state index is 5.61. The second-order valence-electron chi connectivity index (χ2n) is 6.70. The zero-order chi connectivity index (χ0) is 19.5. The highest BCUT2D eigenvalue weighted by Gasteiger charge is 2.20. The van der Waals surface area contributed by atoms with Crippen molar-refractivity contribution in [2.24, 2.45) is 7.05 Å². The number of methoxy groups -OCH3 is 1. The van der Waals surface area contributed by atoms with Crippen LogP contribution in [0.25, 0.3) is 11.4 Å². The standard InChI is InChI=1S/C19H23N7OS/c1-23-18(15-3-5-16(27-2)6-4-15)22-26(19(23)28)14-24-9-11-25(12-10-24)17-13-20-7-8-21-17/h3-8,13H,9-12,14H2,1-2H3. The van der Waals surface area contributed by atoms with Gasteiger partial charge in [0.1, 0.15) is 11.6 Å². The third kappa shape index (κ3) is 3.76. The van der Waals surface area contributed by atoms with E-state index in [1.807, 2.05) is 46.8 Å². The molecule has 1 aromatic carbocycles. The molecule has 0 bridgehead atoms. The molecule has 8 nitrogen and oxygen atoms in total. The molecule has 0 atom stereocenters. The first kappa shape index (κ1) is 18.6. The normalized spacial score (nSPS) is 15.0. The van der Waals surface area contributed by atoms with Crippen LogP contribution in [-0.2, 0) is 13.7 Å². The highest BCUT2D eigenvalue weighted by molar-refractivity contribution is 7.71. The summed E-state index contributed by atoms with van der Waals surface area (Å²) in [4.78, 5) is 13.1. The number of piperazine rings is 1. The number of hydrogen-bond donors (Lipinski definition) is 0. The van der Waals surface area contributed by atoms with Crippen LogP contribution in [0.3, 0.4) is 0 Å². The average Bonchev–Trinajstić information content (AvgIpc) is 3.03. The molecule has 9 heteroatoms. The zero-order valence-corrected chi connectivity index (χ0v) is 16.8. The monoisotopic (exact) mass is 397 g/mol. The van der Waals surface area contributed by atoms with Crippen LogP contribution in [0.2, 0.25) is 0 Å². The molecule has 0 spiro atoms. The Hall–Kier alpha value is -2.78. The largest absolute Gasteiger partial charge is 0.497 e. The molecule has 0 unspecified atom stereocenters. The molecule has 3 heterocycles. The Morgan fingerprint density at radius 1 is 1.07 bits per heavy atom. The lowest BCUT2D eigenvalue weighted by Gasteiger charge is -2.34. The Morgan fingerprint density at radius 3 is 2.46 bits per heavy atom. The summed E-state index contributed by atoms with van der Waals surface area (Å²) in [5.41, 5.74) is 1.01. The van der Waals surface area contributed by atoms with E-state index in [0.717, 1.165) is 49.1 Å². The molecular weight excluding hydrogens is 374 g/mol. The van der Waals surface area contributed by atoms with Crippen LogP contribution >= 0.6 is 12.2 Å². The minimum Gasteiger partial charge on any atom is -0.497 e. The van der Waals surface area contributed by atoms with Gasteiger partial charge in [-0.2, -0.15) is 5.10 Å². The summed E-state index contributed by atoms with van der Waals surface area (Å²) >= 11 is 5.61. The average molecular weight is 398 g/mol. The van der Waals surface area contributed by atoms with E-state index >= 15 is 0 Å². The number of nitrogens with zero attached hydrogens (tertiary/aromatic N) is 7. The molecule has 1 saturated heterocycles. The quantitative estimate of drug-likeness (QED) is 0.612. The third-order valence-electron chi connectivity index (χ3n) is 4.97. The Morgan fingerprint density at radius 2 is 1.82 bits per heavy atom. The SMILES string of the molecule is COc1ccc(-c2nn(CN3CCN(c4cnccn4)CC3)c(=S)n2C)cc1. The minimum atomic E-state index is 0.678. The summed E-state index contributed by atoms with van der Waals surface area (Å²) in [6.07, 6.45) is 5.24. The number of rotatable bonds is 5. The van der Waals surface area contributed by atoms with Gasteiger partial charge in [0.15, 0.2) is 10.6 Å². The smallest absolute Gasteiger partial charge is 0.199 e. The van der Waals surface area contributed by atoms with E-state index < -0.39 is 0 Å². The van der Waals surface area contributed by atoms with Crippen molar-refractivity contribution in [2.45, 2.75) is 6.67 Å². The number of hydrogen-bond acceptors (Lipinski definition) is 7. The lowest BCUT2D eigenvalue weighted by atomic mass is 10.2. The molecule has 0 saturated carbocycles. The maximum Gasteiger partial charge on any atom is 0.199 e. The first-order chi connectivity index (χ1) is 13.7. The predicted molar refractivity (Wildman–Crippen MR) is 110 cm³/mol. The van der Waals surface area contributed by atoms with Gasteiger partial charge < -0.3 is 14.2 Å². The van der Waals surface area contributed by atoms with E-state index in [0.29, 0.717) is 11.4 Å². The van der Waals surface area contributed by atoms with Crippen LogP contribution < -0.4 is 9.64 Å². The van der Waals surface area contributed by atoms with Crippen LogP contribution in [0.4, 0.5) is 5.82 Å². The molecule has 1 fully saturated rings. The number of ether oxygens (including phenoxy) is 1. The molecule has 0 aliphatic carbocycles. The topological polar surface area (TPSA) is 64.2 Å².